The second-order valence-corrected chi connectivity index (χ2v) is 7.38. The molecule has 2 rings (SSSR count). The fourth-order valence-electron chi connectivity index (χ4n) is 3.05. The van der Waals surface area contributed by atoms with Crippen LogP contribution in [0.1, 0.15) is 46.1 Å². The third kappa shape index (κ3) is 4.27. The zero-order chi connectivity index (χ0) is 17.8. The number of nitrogens with one attached hydrogen (secondary N) is 1. The van der Waals surface area contributed by atoms with Gasteiger partial charge in [0, 0.05) is 13.1 Å². The van der Waals surface area contributed by atoms with Gasteiger partial charge < -0.3 is 9.64 Å². The van der Waals surface area contributed by atoms with Crippen LogP contribution in [0.4, 0.5) is 4.79 Å². The number of rotatable bonds is 3. The van der Waals surface area contributed by atoms with E-state index in [9.17, 15) is 10.1 Å². The quantitative estimate of drug-likeness (QED) is 0.922. The maximum atomic E-state index is 12.5. The molecule has 2 unspecified atom stereocenters. The van der Waals surface area contributed by atoms with Gasteiger partial charge in [0.1, 0.15) is 11.1 Å². The molecule has 1 N–H and O–H groups in total. The van der Waals surface area contributed by atoms with Crippen LogP contribution in [0.3, 0.4) is 0 Å². The van der Waals surface area contributed by atoms with Gasteiger partial charge in [0.15, 0.2) is 0 Å². The normalized spacial score (nSPS) is 24.3. The van der Waals surface area contributed by atoms with Crippen molar-refractivity contribution in [2.24, 2.45) is 0 Å². The number of piperidine rings is 1. The van der Waals surface area contributed by atoms with E-state index in [2.05, 4.69) is 11.4 Å². The van der Waals surface area contributed by atoms with Gasteiger partial charge in [0.25, 0.3) is 0 Å². The van der Waals surface area contributed by atoms with Gasteiger partial charge in [-0.1, -0.05) is 30.3 Å². The van der Waals surface area contributed by atoms with Crippen molar-refractivity contribution in [1.29, 1.82) is 5.26 Å². The number of ether oxygens (including phenoxy) is 1. The van der Waals surface area contributed by atoms with Gasteiger partial charge in [0.05, 0.1) is 12.1 Å². The van der Waals surface area contributed by atoms with Gasteiger partial charge in [-0.3, -0.25) is 5.32 Å². The van der Waals surface area contributed by atoms with E-state index >= 15 is 0 Å². The summed E-state index contributed by atoms with van der Waals surface area (Å²) in [4.78, 5) is 14.1. The summed E-state index contributed by atoms with van der Waals surface area (Å²) in [6, 6.07) is 12.1. The predicted molar refractivity (Wildman–Crippen MR) is 93.3 cm³/mol. The van der Waals surface area contributed by atoms with Gasteiger partial charge in [-0.2, -0.15) is 5.26 Å². The number of amides is 1. The molecule has 1 amide bonds. The highest BCUT2D eigenvalue weighted by atomic mass is 16.6. The third-order valence-electron chi connectivity index (χ3n) is 4.43. The molecule has 0 spiro atoms. The summed E-state index contributed by atoms with van der Waals surface area (Å²) >= 11 is 0. The van der Waals surface area contributed by atoms with E-state index in [1.165, 1.54) is 0 Å². The van der Waals surface area contributed by atoms with Crippen molar-refractivity contribution in [3.63, 3.8) is 0 Å². The molecule has 1 aromatic carbocycles. The van der Waals surface area contributed by atoms with E-state index in [0.29, 0.717) is 13.1 Å². The Hall–Kier alpha value is -2.06. The monoisotopic (exact) mass is 329 g/mol. The molecular formula is C19H27N3O2. The van der Waals surface area contributed by atoms with Gasteiger partial charge in [0.2, 0.25) is 0 Å². The summed E-state index contributed by atoms with van der Waals surface area (Å²) in [6.45, 7) is 8.69. The molecule has 0 radical (unpaired) electrons. The molecule has 0 aliphatic carbocycles. The Morgan fingerprint density at radius 2 is 2.08 bits per heavy atom. The molecule has 1 fully saturated rings. The first-order valence-electron chi connectivity index (χ1n) is 8.47. The van der Waals surface area contributed by atoms with Crippen LogP contribution in [-0.2, 0) is 11.3 Å². The zero-order valence-electron chi connectivity index (χ0n) is 15.0. The molecule has 5 heteroatoms. The molecule has 1 saturated heterocycles. The average molecular weight is 329 g/mol. The second kappa shape index (κ2) is 7.23. The first-order valence-corrected chi connectivity index (χ1v) is 8.47. The Bertz CT molecular complexity index is 603. The molecule has 24 heavy (non-hydrogen) atoms. The SMILES string of the molecule is CC1N(C(=O)OC(C)(C)C)CCCC1(C#N)NCc1ccccc1. The number of hydrogen-bond acceptors (Lipinski definition) is 4. The van der Waals surface area contributed by atoms with Crippen LogP contribution in [0, 0.1) is 11.3 Å². The molecule has 1 aromatic rings. The van der Waals surface area contributed by atoms with Crippen molar-refractivity contribution in [2.45, 2.75) is 64.3 Å². The fraction of sp³-hybridized carbons (Fsp3) is 0.579. The highest BCUT2D eigenvalue weighted by Crippen LogP contribution is 2.29. The lowest BCUT2D eigenvalue weighted by Gasteiger charge is -2.45. The molecule has 2 atom stereocenters. The fourth-order valence-corrected chi connectivity index (χ4v) is 3.05. The highest BCUT2D eigenvalue weighted by molar-refractivity contribution is 5.69. The zero-order valence-corrected chi connectivity index (χ0v) is 15.0. The van der Waals surface area contributed by atoms with Crippen molar-refractivity contribution in [3.05, 3.63) is 35.9 Å². The third-order valence-corrected chi connectivity index (χ3v) is 4.43. The lowest BCUT2D eigenvalue weighted by Crippen LogP contribution is -2.63. The second-order valence-electron chi connectivity index (χ2n) is 7.38. The number of likely N-dealkylation sites (tertiary alicyclic amines) is 1. The molecule has 0 saturated carbocycles. The maximum Gasteiger partial charge on any atom is 0.410 e. The van der Waals surface area contributed by atoms with Crippen molar-refractivity contribution < 1.29 is 9.53 Å². The Labute approximate surface area is 144 Å². The van der Waals surface area contributed by atoms with Crippen molar-refractivity contribution in [3.8, 4) is 6.07 Å². The first kappa shape index (κ1) is 18.3. The standard InChI is InChI=1S/C19H27N3O2/c1-15-19(14-20,21-13-16-9-6-5-7-10-16)11-8-12-22(15)17(23)24-18(2,3)4/h5-7,9-10,15,21H,8,11-13H2,1-4H3. The first-order chi connectivity index (χ1) is 11.3. The smallest absolute Gasteiger partial charge is 0.410 e. The summed E-state index contributed by atoms with van der Waals surface area (Å²) in [5.74, 6) is 0. The van der Waals surface area contributed by atoms with Gasteiger partial charge >= 0.3 is 6.09 Å². The summed E-state index contributed by atoms with van der Waals surface area (Å²) in [6.07, 6.45) is 1.14. The molecule has 0 bridgehead atoms. The van der Waals surface area contributed by atoms with E-state index in [1.54, 1.807) is 4.90 Å². The van der Waals surface area contributed by atoms with Crippen LogP contribution >= 0.6 is 0 Å². The summed E-state index contributed by atoms with van der Waals surface area (Å²) in [5.41, 5.74) is -0.180. The lowest BCUT2D eigenvalue weighted by atomic mass is 9.83. The number of nitrogens with zero attached hydrogens (tertiary/aromatic N) is 2. The minimum Gasteiger partial charge on any atom is -0.444 e. The van der Waals surface area contributed by atoms with E-state index in [4.69, 9.17) is 4.74 Å². The van der Waals surface area contributed by atoms with Crippen molar-refractivity contribution in [1.82, 2.24) is 10.2 Å². The van der Waals surface area contributed by atoms with Gasteiger partial charge in [-0.05, 0) is 46.1 Å². The Balaban J connectivity index is 2.11. The summed E-state index contributed by atoms with van der Waals surface area (Å²) in [5, 5.41) is 13.2. The summed E-state index contributed by atoms with van der Waals surface area (Å²) in [7, 11) is 0. The maximum absolute atomic E-state index is 12.5. The minimum atomic E-state index is -0.759. The molecule has 1 aliphatic rings. The molecule has 0 aromatic heterocycles. The van der Waals surface area contributed by atoms with Gasteiger partial charge in [-0.25, -0.2) is 4.79 Å². The Morgan fingerprint density at radius 1 is 1.42 bits per heavy atom. The van der Waals surface area contributed by atoms with E-state index in [1.807, 2.05) is 58.0 Å². The van der Waals surface area contributed by atoms with Crippen LogP contribution in [-0.4, -0.2) is 34.7 Å². The van der Waals surface area contributed by atoms with Gasteiger partial charge in [-0.15, -0.1) is 0 Å². The average Bonchev–Trinajstić information content (AvgIpc) is 2.53. The molecule has 1 aliphatic heterocycles. The summed E-state index contributed by atoms with van der Waals surface area (Å²) < 4.78 is 5.50. The predicted octanol–water partition coefficient (Wildman–Crippen LogP) is 3.46. The van der Waals surface area contributed by atoms with Crippen LogP contribution in [0.25, 0.3) is 0 Å². The van der Waals surface area contributed by atoms with Crippen molar-refractivity contribution in [2.75, 3.05) is 6.54 Å². The number of carbonyl (C=O) groups excluding carboxylic acids is 1. The molecule has 1 heterocycles. The number of carbonyl (C=O) groups is 1. The molecular weight excluding hydrogens is 302 g/mol. The van der Waals surface area contributed by atoms with Crippen LogP contribution in [0.15, 0.2) is 30.3 Å². The Kier molecular flexibility index (Phi) is 5.51. The van der Waals surface area contributed by atoms with E-state index in [0.717, 1.165) is 18.4 Å². The highest BCUT2D eigenvalue weighted by Gasteiger charge is 2.45. The van der Waals surface area contributed by atoms with E-state index in [-0.39, 0.29) is 12.1 Å². The van der Waals surface area contributed by atoms with Crippen LogP contribution < -0.4 is 5.32 Å². The van der Waals surface area contributed by atoms with Crippen LogP contribution in [0.5, 0.6) is 0 Å². The Morgan fingerprint density at radius 3 is 2.67 bits per heavy atom. The number of hydrogen-bond donors (Lipinski definition) is 1. The van der Waals surface area contributed by atoms with E-state index < -0.39 is 11.1 Å². The van der Waals surface area contributed by atoms with Crippen LogP contribution in [0.2, 0.25) is 0 Å². The molecule has 5 nitrogen and oxygen atoms in total. The molecule has 130 valence electrons. The topological polar surface area (TPSA) is 65.4 Å². The minimum absolute atomic E-state index is 0.255. The lowest BCUT2D eigenvalue weighted by molar-refractivity contribution is 0.000230. The number of nitriles is 1. The number of benzene rings is 1. The van der Waals surface area contributed by atoms with Crippen molar-refractivity contribution >= 4 is 6.09 Å². The largest absolute Gasteiger partial charge is 0.444 e.